The maximum Gasteiger partial charge on any atom is 0.166 e. The van der Waals surface area contributed by atoms with Gasteiger partial charge in [-0.05, 0) is 31.2 Å². The fourth-order valence-electron chi connectivity index (χ4n) is 3.14. The number of hydrogen-bond acceptors (Lipinski definition) is 6. The van der Waals surface area contributed by atoms with Gasteiger partial charge in [-0.25, -0.2) is 9.97 Å². The zero-order chi connectivity index (χ0) is 15.8. The van der Waals surface area contributed by atoms with Crippen molar-refractivity contribution in [2.24, 2.45) is 12.8 Å². The molecule has 0 bridgehead atoms. The lowest BCUT2D eigenvalue weighted by Crippen LogP contribution is -2.14. The number of rotatable bonds is 4. The van der Waals surface area contributed by atoms with Crippen molar-refractivity contribution < 1.29 is 0 Å². The molecule has 1 aliphatic rings. The first-order valence-corrected chi connectivity index (χ1v) is 8.83. The standard InChI is InChI=1S/C16H20N6S/c1-22-9-10(8-19-22)14-20-15(18-7-6-17)13-11-4-2-3-5-12(11)23-16(13)21-14/h8-9H,2-7,17H2,1H3,(H,18,20,21). The molecular formula is C16H20N6S. The van der Waals surface area contributed by atoms with Crippen LogP contribution in [-0.2, 0) is 19.9 Å². The Morgan fingerprint density at radius 2 is 2.17 bits per heavy atom. The maximum atomic E-state index is 5.67. The predicted octanol–water partition coefficient (Wildman–Crippen LogP) is 2.34. The first-order chi connectivity index (χ1) is 11.3. The van der Waals surface area contributed by atoms with Gasteiger partial charge in [-0.2, -0.15) is 5.10 Å². The van der Waals surface area contributed by atoms with Crippen LogP contribution in [0.5, 0.6) is 0 Å². The molecule has 0 unspecified atom stereocenters. The van der Waals surface area contributed by atoms with Gasteiger partial charge in [-0.3, -0.25) is 4.68 Å². The van der Waals surface area contributed by atoms with E-state index in [2.05, 4.69) is 10.4 Å². The highest BCUT2D eigenvalue weighted by atomic mass is 32.1. The van der Waals surface area contributed by atoms with E-state index >= 15 is 0 Å². The third kappa shape index (κ3) is 2.60. The van der Waals surface area contributed by atoms with Gasteiger partial charge >= 0.3 is 0 Å². The number of nitrogens with zero attached hydrogens (tertiary/aromatic N) is 4. The topological polar surface area (TPSA) is 81.7 Å². The van der Waals surface area contributed by atoms with Crippen molar-refractivity contribution in [3.63, 3.8) is 0 Å². The summed E-state index contributed by atoms with van der Waals surface area (Å²) >= 11 is 1.81. The number of hydrogen-bond donors (Lipinski definition) is 2. The van der Waals surface area contributed by atoms with Crippen LogP contribution in [0.15, 0.2) is 12.4 Å². The number of nitrogens with one attached hydrogen (secondary N) is 1. The highest BCUT2D eigenvalue weighted by molar-refractivity contribution is 7.19. The first-order valence-electron chi connectivity index (χ1n) is 8.01. The van der Waals surface area contributed by atoms with Crippen molar-refractivity contribution >= 4 is 27.4 Å². The SMILES string of the molecule is Cn1cc(-c2nc(NCCN)c3c4c(sc3n2)CCCC4)cn1. The van der Waals surface area contributed by atoms with E-state index in [-0.39, 0.29) is 0 Å². The van der Waals surface area contributed by atoms with E-state index < -0.39 is 0 Å². The zero-order valence-corrected chi connectivity index (χ0v) is 14.0. The largest absolute Gasteiger partial charge is 0.368 e. The van der Waals surface area contributed by atoms with Crippen LogP contribution in [0.1, 0.15) is 23.3 Å². The minimum Gasteiger partial charge on any atom is -0.368 e. The normalized spacial score (nSPS) is 14.2. The maximum absolute atomic E-state index is 5.67. The molecule has 4 rings (SSSR count). The summed E-state index contributed by atoms with van der Waals surface area (Å²) in [6.45, 7) is 1.29. The molecule has 3 heterocycles. The summed E-state index contributed by atoms with van der Waals surface area (Å²) in [6, 6.07) is 0. The molecule has 23 heavy (non-hydrogen) atoms. The van der Waals surface area contributed by atoms with Crippen LogP contribution in [0.25, 0.3) is 21.6 Å². The molecule has 0 atom stereocenters. The Kier molecular flexibility index (Phi) is 3.74. The summed E-state index contributed by atoms with van der Waals surface area (Å²) in [5, 5.41) is 8.82. The molecule has 0 fully saturated rings. The van der Waals surface area contributed by atoms with Crippen LogP contribution < -0.4 is 11.1 Å². The molecule has 0 aromatic carbocycles. The number of thiophene rings is 1. The zero-order valence-electron chi connectivity index (χ0n) is 13.2. The molecule has 0 saturated carbocycles. The Morgan fingerprint density at radius 1 is 1.30 bits per heavy atom. The fourth-order valence-corrected chi connectivity index (χ4v) is 4.40. The van der Waals surface area contributed by atoms with Gasteiger partial charge in [-0.15, -0.1) is 11.3 Å². The van der Waals surface area contributed by atoms with E-state index in [1.54, 1.807) is 10.9 Å². The van der Waals surface area contributed by atoms with Crippen molar-refractivity contribution in [3.8, 4) is 11.4 Å². The van der Waals surface area contributed by atoms with E-state index in [9.17, 15) is 0 Å². The highest BCUT2D eigenvalue weighted by Gasteiger charge is 2.21. The van der Waals surface area contributed by atoms with Crippen molar-refractivity contribution in [1.29, 1.82) is 0 Å². The van der Waals surface area contributed by atoms with E-state index in [1.165, 1.54) is 28.7 Å². The molecule has 0 aliphatic heterocycles. The molecule has 3 aromatic heterocycles. The lowest BCUT2D eigenvalue weighted by Gasteiger charge is -2.12. The van der Waals surface area contributed by atoms with Crippen LogP contribution in [0.4, 0.5) is 5.82 Å². The average Bonchev–Trinajstić information content (AvgIpc) is 3.15. The van der Waals surface area contributed by atoms with Gasteiger partial charge in [0.05, 0.1) is 17.1 Å². The fraction of sp³-hybridized carbons (Fsp3) is 0.438. The second-order valence-electron chi connectivity index (χ2n) is 5.91. The van der Waals surface area contributed by atoms with E-state index in [0.29, 0.717) is 13.1 Å². The monoisotopic (exact) mass is 328 g/mol. The van der Waals surface area contributed by atoms with Gasteiger partial charge in [0.25, 0.3) is 0 Å². The minimum absolute atomic E-state index is 0.583. The van der Waals surface area contributed by atoms with Crippen LogP contribution in [0, 0.1) is 0 Å². The molecule has 3 N–H and O–H groups in total. The van der Waals surface area contributed by atoms with Crippen LogP contribution in [0.2, 0.25) is 0 Å². The smallest absolute Gasteiger partial charge is 0.166 e. The molecule has 6 nitrogen and oxygen atoms in total. The Morgan fingerprint density at radius 3 is 2.96 bits per heavy atom. The summed E-state index contributed by atoms with van der Waals surface area (Å²) in [5.41, 5.74) is 8.05. The first kappa shape index (κ1) is 14.6. The summed E-state index contributed by atoms with van der Waals surface area (Å²) in [4.78, 5) is 12.1. The van der Waals surface area contributed by atoms with Crippen LogP contribution in [0.3, 0.4) is 0 Å². The number of fused-ring (bicyclic) bond motifs is 3. The van der Waals surface area contributed by atoms with Gasteiger partial charge in [0.15, 0.2) is 5.82 Å². The number of nitrogens with two attached hydrogens (primary N) is 1. The quantitative estimate of drug-likeness (QED) is 0.768. The molecule has 3 aromatic rings. The molecule has 120 valence electrons. The summed E-state index contributed by atoms with van der Waals surface area (Å²) in [6.07, 6.45) is 8.56. The third-order valence-corrected chi connectivity index (χ3v) is 5.40. The van der Waals surface area contributed by atoms with E-state index in [0.717, 1.165) is 34.9 Å². The molecule has 1 aliphatic carbocycles. The second kappa shape index (κ2) is 5.90. The van der Waals surface area contributed by atoms with Crippen LogP contribution >= 0.6 is 11.3 Å². The average molecular weight is 328 g/mol. The highest BCUT2D eigenvalue weighted by Crippen LogP contribution is 2.39. The van der Waals surface area contributed by atoms with Crippen LogP contribution in [-0.4, -0.2) is 32.8 Å². The van der Waals surface area contributed by atoms with E-state index in [1.807, 2.05) is 24.6 Å². The Labute approximate surface area is 138 Å². The molecule has 0 amide bonds. The van der Waals surface area contributed by atoms with Crippen molar-refractivity contribution in [3.05, 3.63) is 22.8 Å². The summed E-state index contributed by atoms with van der Waals surface area (Å²) < 4.78 is 1.77. The molecule has 0 radical (unpaired) electrons. The Hall–Kier alpha value is -1.99. The number of aromatic nitrogens is 4. The Bertz CT molecular complexity index is 850. The predicted molar refractivity (Wildman–Crippen MR) is 93.8 cm³/mol. The second-order valence-corrected chi connectivity index (χ2v) is 6.99. The van der Waals surface area contributed by atoms with Gasteiger partial charge in [0.2, 0.25) is 0 Å². The van der Waals surface area contributed by atoms with Gasteiger partial charge in [-0.1, -0.05) is 0 Å². The van der Waals surface area contributed by atoms with Crippen molar-refractivity contribution in [2.75, 3.05) is 18.4 Å². The number of aryl methyl sites for hydroxylation is 3. The third-order valence-electron chi connectivity index (χ3n) is 4.21. The molecule has 7 heteroatoms. The Balaban J connectivity index is 1.90. The van der Waals surface area contributed by atoms with E-state index in [4.69, 9.17) is 15.7 Å². The lowest BCUT2D eigenvalue weighted by molar-refractivity contribution is 0.700. The summed E-state index contributed by atoms with van der Waals surface area (Å²) in [7, 11) is 1.90. The molecule has 0 spiro atoms. The molecular weight excluding hydrogens is 308 g/mol. The minimum atomic E-state index is 0.583. The lowest BCUT2D eigenvalue weighted by atomic mass is 9.97. The van der Waals surface area contributed by atoms with Crippen molar-refractivity contribution in [2.45, 2.75) is 25.7 Å². The van der Waals surface area contributed by atoms with Crippen molar-refractivity contribution in [1.82, 2.24) is 19.7 Å². The van der Waals surface area contributed by atoms with Gasteiger partial charge in [0, 0.05) is 31.2 Å². The van der Waals surface area contributed by atoms with Gasteiger partial charge < -0.3 is 11.1 Å². The number of anilines is 1. The molecule has 0 saturated heterocycles. The van der Waals surface area contributed by atoms with Gasteiger partial charge in [0.1, 0.15) is 10.6 Å². The summed E-state index contributed by atoms with van der Waals surface area (Å²) in [5.74, 6) is 1.64.